The van der Waals surface area contributed by atoms with E-state index in [0.29, 0.717) is 27.3 Å². The van der Waals surface area contributed by atoms with E-state index < -0.39 is 0 Å². The predicted molar refractivity (Wildman–Crippen MR) is 109 cm³/mol. The van der Waals surface area contributed by atoms with Crippen LogP contribution in [0.15, 0.2) is 47.5 Å². The fraction of sp³-hybridized carbons (Fsp3) is 0.381. The Balaban J connectivity index is 1.70. The predicted octanol–water partition coefficient (Wildman–Crippen LogP) is 4.19. The Labute approximate surface area is 170 Å². The van der Waals surface area contributed by atoms with Gasteiger partial charge >= 0.3 is 0 Å². The molecule has 144 valence electrons. The summed E-state index contributed by atoms with van der Waals surface area (Å²) in [4.78, 5) is 4.17. The number of rotatable bonds is 5. The summed E-state index contributed by atoms with van der Waals surface area (Å²) < 4.78 is 6.41. The maximum absolute atomic E-state index is 12.3. The van der Waals surface area contributed by atoms with Crippen LogP contribution in [0.25, 0.3) is 0 Å². The number of hydrogen-bond acceptors (Lipinski definition) is 3. The molecule has 0 N–H and O–H groups in total. The molecule has 0 unspecified atom stereocenters. The number of nitrogens with zero attached hydrogens (tertiary/aromatic N) is 2. The minimum absolute atomic E-state index is 0.334. The Morgan fingerprint density at radius 2 is 1.74 bits per heavy atom. The van der Waals surface area contributed by atoms with Gasteiger partial charge in [-0.1, -0.05) is 41.4 Å². The van der Waals surface area contributed by atoms with Crippen LogP contribution in [-0.4, -0.2) is 43.7 Å². The van der Waals surface area contributed by atoms with Gasteiger partial charge in [0.05, 0.1) is 49.1 Å². The normalized spacial score (nSPS) is 16.5. The number of quaternary nitrogens is 1. The SMILES string of the molecule is C[N+](C)(Cc1ccc(N=C([O-])c2ccc(Cl)c(Cl)c2)cc1)C1CCOCC1. The van der Waals surface area contributed by atoms with E-state index in [4.69, 9.17) is 27.9 Å². The van der Waals surface area contributed by atoms with E-state index >= 15 is 0 Å². The fourth-order valence-electron chi connectivity index (χ4n) is 3.47. The highest BCUT2D eigenvalue weighted by molar-refractivity contribution is 6.42. The number of hydrogen-bond donors (Lipinski definition) is 0. The van der Waals surface area contributed by atoms with Gasteiger partial charge in [0.25, 0.3) is 0 Å². The highest BCUT2D eigenvalue weighted by Crippen LogP contribution is 2.25. The van der Waals surface area contributed by atoms with Crippen LogP contribution < -0.4 is 5.11 Å². The molecule has 1 heterocycles. The molecular weight excluding hydrogens is 383 g/mol. The smallest absolute Gasteiger partial charge is 0.104 e. The van der Waals surface area contributed by atoms with E-state index in [0.717, 1.165) is 37.1 Å². The largest absolute Gasteiger partial charge is 0.858 e. The number of benzene rings is 2. The molecule has 1 saturated heterocycles. The van der Waals surface area contributed by atoms with Crippen molar-refractivity contribution in [2.45, 2.75) is 25.4 Å². The van der Waals surface area contributed by atoms with E-state index in [1.807, 2.05) is 24.3 Å². The Morgan fingerprint density at radius 3 is 2.37 bits per heavy atom. The molecule has 0 atom stereocenters. The van der Waals surface area contributed by atoms with Crippen LogP contribution in [0, 0.1) is 0 Å². The molecule has 0 bridgehead atoms. The minimum Gasteiger partial charge on any atom is -0.858 e. The van der Waals surface area contributed by atoms with Gasteiger partial charge in [-0.25, -0.2) is 0 Å². The Morgan fingerprint density at radius 1 is 1.07 bits per heavy atom. The van der Waals surface area contributed by atoms with Crippen LogP contribution in [0.3, 0.4) is 0 Å². The first-order chi connectivity index (χ1) is 12.8. The van der Waals surface area contributed by atoms with Gasteiger partial charge in [-0.05, 0) is 35.7 Å². The van der Waals surface area contributed by atoms with Gasteiger partial charge < -0.3 is 14.3 Å². The Bertz CT molecular complexity index is 813. The first kappa shape index (κ1) is 20.2. The second-order valence-electron chi connectivity index (χ2n) is 7.49. The van der Waals surface area contributed by atoms with E-state index in [1.54, 1.807) is 12.1 Å². The number of ether oxygens (including phenoxy) is 1. The van der Waals surface area contributed by atoms with E-state index in [9.17, 15) is 5.11 Å². The van der Waals surface area contributed by atoms with Crippen LogP contribution in [0.5, 0.6) is 0 Å². The Kier molecular flexibility index (Phi) is 6.43. The molecule has 0 aromatic heterocycles. The third-order valence-corrected chi connectivity index (χ3v) is 5.84. The molecule has 2 aromatic carbocycles. The lowest BCUT2D eigenvalue weighted by Gasteiger charge is -2.40. The lowest BCUT2D eigenvalue weighted by molar-refractivity contribution is -0.929. The zero-order valence-electron chi connectivity index (χ0n) is 15.6. The summed E-state index contributed by atoms with van der Waals surface area (Å²) in [7, 11) is 4.53. The molecule has 0 saturated carbocycles. The monoisotopic (exact) mass is 406 g/mol. The van der Waals surface area contributed by atoms with Crippen LogP contribution in [-0.2, 0) is 11.3 Å². The molecular formula is C21H24Cl2N2O2. The third-order valence-electron chi connectivity index (χ3n) is 5.10. The van der Waals surface area contributed by atoms with Crippen molar-refractivity contribution in [1.29, 1.82) is 0 Å². The molecule has 1 aliphatic rings. The summed E-state index contributed by atoms with van der Waals surface area (Å²) in [6.45, 7) is 2.63. The molecule has 0 radical (unpaired) electrons. The zero-order chi connectivity index (χ0) is 19.4. The second kappa shape index (κ2) is 8.61. The van der Waals surface area contributed by atoms with Crippen molar-refractivity contribution in [3.63, 3.8) is 0 Å². The van der Waals surface area contributed by atoms with Crippen molar-refractivity contribution in [3.8, 4) is 0 Å². The van der Waals surface area contributed by atoms with Crippen LogP contribution >= 0.6 is 23.2 Å². The molecule has 3 rings (SSSR count). The van der Waals surface area contributed by atoms with Gasteiger partial charge in [0.1, 0.15) is 6.54 Å². The van der Waals surface area contributed by atoms with Crippen molar-refractivity contribution >= 4 is 34.8 Å². The maximum atomic E-state index is 12.3. The molecule has 0 spiro atoms. The molecule has 6 heteroatoms. The lowest BCUT2D eigenvalue weighted by atomic mass is 10.0. The highest BCUT2D eigenvalue weighted by atomic mass is 35.5. The van der Waals surface area contributed by atoms with Crippen molar-refractivity contribution < 1.29 is 14.3 Å². The number of halogens is 2. The van der Waals surface area contributed by atoms with Gasteiger partial charge in [0.2, 0.25) is 0 Å². The van der Waals surface area contributed by atoms with Crippen molar-refractivity contribution in [3.05, 3.63) is 63.6 Å². The quantitative estimate of drug-likeness (QED) is 0.424. The standard InChI is InChI=1S/C21H24Cl2N2O2/c1-25(2,18-9-11-27-12-10-18)14-15-3-6-17(7-4-15)24-21(26)16-5-8-19(22)20(23)13-16/h3-8,13,18H,9-12,14H2,1-2H3. The first-order valence-electron chi connectivity index (χ1n) is 9.05. The highest BCUT2D eigenvalue weighted by Gasteiger charge is 2.30. The summed E-state index contributed by atoms with van der Waals surface area (Å²) in [6.07, 6.45) is 2.19. The summed E-state index contributed by atoms with van der Waals surface area (Å²) in [5, 5.41) is 13.1. The van der Waals surface area contributed by atoms with Crippen LogP contribution in [0.4, 0.5) is 5.69 Å². The molecule has 27 heavy (non-hydrogen) atoms. The average Bonchev–Trinajstić information content (AvgIpc) is 2.66. The molecule has 1 aliphatic heterocycles. The van der Waals surface area contributed by atoms with Gasteiger partial charge in [-0.3, -0.25) is 4.99 Å². The van der Waals surface area contributed by atoms with Crippen molar-refractivity contribution in [2.24, 2.45) is 4.99 Å². The zero-order valence-corrected chi connectivity index (χ0v) is 17.1. The van der Waals surface area contributed by atoms with E-state index in [2.05, 4.69) is 19.1 Å². The number of aliphatic imine (C=N–C) groups is 1. The van der Waals surface area contributed by atoms with Crippen LogP contribution in [0.2, 0.25) is 10.0 Å². The minimum atomic E-state index is -0.334. The Hall–Kier alpha value is -1.59. The first-order valence-corrected chi connectivity index (χ1v) is 9.81. The lowest BCUT2D eigenvalue weighted by Crippen LogP contribution is -2.50. The molecule has 0 aliphatic carbocycles. The topological polar surface area (TPSA) is 44.7 Å². The maximum Gasteiger partial charge on any atom is 0.104 e. The van der Waals surface area contributed by atoms with Gasteiger partial charge in [-0.2, -0.15) is 0 Å². The van der Waals surface area contributed by atoms with E-state index in [-0.39, 0.29) is 5.90 Å². The molecule has 1 fully saturated rings. The summed E-state index contributed by atoms with van der Waals surface area (Å²) in [6, 6.07) is 13.2. The summed E-state index contributed by atoms with van der Waals surface area (Å²) in [5.74, 6) is -0.334. The second-order valence-corrected chi connectivity index (χ2v) is 8.31. The van der Waals surface area contributed by atoms with Crippen molar-refractivity contribution in [2.75, 3.05) is 27.3 Å². The van der Waals surface area contributed by atoms with Crippen molar-refractivity contribution in [1.82, 2.24) is 0 Å². The third kappa shape index (κ3) is 5.23. The van der Waals surface area contributed by atoms with Gasteiger partial charge in [0, 0.05) is 18.4 Å². The fourth-order valence-corrected chi connectivity index (χ4v) is 3.77. The van der Waals surface area contributed by atoms with E-state index in [1.165, 1.54) is 11.6 Å². The van der Waals surface area contributed by atoms with Crippen LogP contribution in [0.1, 0.15) is 24.0 Å². The molecule has 0 amide bonds. The van der Waals surface area contributed by atoms with Gasteiger partial charge in [-0.15, -0.1) is 0 Å². The summed E-state index contributed by atoms with van der Waals surface area (Å²) >= 11 is 11.9. The molecule has 4 nitrogen and oxygen atoms in total. The summed E-state index contributed by atoms with van der Waals surface area (Å²) in [5.41, 5.74) is 2.28. The average molecular weight is 407 g/mol. The molecule has 2 aromatic rings. The van der Waals surface area contributed by atoms with Gasteiger partial charge in [0.15, 0.2) is 0 Å².